The van der Waals surface area contributed by atoms with Crippen LogP contribution >= 0.6 is 23.2 Å². The van der Waals surface area contributed by atoms with E-state index in [1.165, 1.54) is 0 Å². The molecule has 0 radical (unpaired) electrons. The summed E-state index contributed by atoms with van der Waals surface area (Å²) in [5.41, 5.74) is 2.44. The fourth-order valence-corrected chi connectivity index (χ4v) is 7.28. The van der Waals surface area contributed by atoms with E-state index >= 15 is 0 Å². The molecular weight excluding hydrogens is 561 g/mol. The van der Waals surface area contributed by atoms with Gasteiger partial charge in [0.25, 0.3) is 5.91 Å². The molecule has 220 valence electrons. The van der Waals surface area contributed by atoms with E-state index < -0.39 is 11.6 Å². The van der Waals surface area contributed by atoms with Gasteiger partial charge in [0.15, 0.2) is 0 Å². The smallest absolute Gasteiger partial charge is 0.305 e. The normalized spacial score (nSPS) is 25.5. The molecule has 1 spiro atoms. The highest BCUT2D eigenvalue weighted by molar-refractivity contribution is 6.48. The lowest BCUT2D eigenvalue weighted by Crippen LogP contribution is -2.56. The predicted octanol–water partition coefficient (Wildman–Crippen LogP) is 6.57. The first-order valence-electron chi connectivity index (χ1n) is 14.7. The fourth-order valence-electron chi connectivity index (χ4n) is 6.75. The Labute approximate surface area is 252 Å². The standard InChI is InChI=1S/C32H39Cl2N3O4/c1-31(2,3)23-10-13-32(14-11-23)36-27(22-16-24(33)18-25(34)17-22)30(41)37(32)28(19-4-5-19)20-6-8-21(9-7-20)29(40)35-15-12-26(38)39/h6,8,16-19,23,28H,4-5,7,9-15H2,1-3H3,(H,35,40)(H,38,39). The van der Waals surface area contributed by atoms with Crippen molar-refractivity contribution < 1.29 is 19.5 Å². The number of carbonyl (C=O) groups is 3. The lowest BCUT2D eigenvalue weighted by atomic mass is 9.69. The van der Waals surface area contributed by atoms with Gasteiger partial charge >= 0.3 is 5.97 Å². The molecule has 41 heavy (non-hydrogen) atoms. The number of halogens is 2. The number of carboxylic acids is 1. The van der Waals surface area contributed by atoms with Gasteiger partial charge in [-0.1, -0.05) is 56.1 Å². The van der Waals surface area contributed by atoms with E-state index in [2.05, 4.69) is 31.0 Å². The maximum Gasteiger partial charge on any atom is 0.305 e. The third kappa shape index (κ3) is 6.41. The van der Waals surface area contributed by atoms with Gasteiger partial charge in [-0.05, 0) is 92.4 Å². The summed E-state index contributed by atoms with van der Waals surface area (Å²) in [4.78, 5) is 45.2. The van der Waals surface area contributed by atoms with E-state index in [1.54, 1.807) is 18.2 Å². The molecule has 1 aromatic carbocycles. The van der Waals surface area contributed by atoms with E-state index in [-0.39, 0.29) is 36.2 Å². The molecule has 3 aliphatic carbocycles. The molecule has 2 amide bonds. The van der Waals surface area contributed by atoms with Crippen molar-refractivity contribution in [3.8, 4) is 0 Å². The zero-order valence-corrected chi connectivity index (χ0v) is 25.5. The van der Waals surface area contributed by atoms with E-state index in [1.807, 2.05) is 12.2 Å². The number of carboxylic acid groups (broad SMARTS) is 1. The molecule has 7 nitrogen and oxygen atoms in total. The Balaban J connectivity index is 1.47. The molecule has 4 aliphatic rings. The summed E-state index contributed by atoms with van der Waals surface area (Å²) in [7, 11) is 0. The zero-order valence-electron chi connectivity index (χ0n) is 24.0. The number of hydrogen-bond acceptors (Lipinski definition) is 4. The molecule has 2 saturated carbocycles. The van der Waals surface area contributed by atoms with Crippen LogP contribution in [0.4, 0.5) is 0 Å². The largest absolute Gasteiger partial charge is 0.481 e. The highest BCUT2D eigenvalue weighted by Crippen LogP contribution is 2.51. The van der Waals surface area contributed by atoms with E-state index in [0.29, 0.717) is 51.6 Å². The van der Waals surface area contributed by atoms with Crippen LogP contribution in [-0.2, 0) is 14.4 Å². The molecule has 2 fully saturated rings. The third-order valence-electron chi connectivity index (χ3n) is 9.16. The topological polar surface area (TPSA) is 99.1 Å². The van der Waals surface area contributed by atoms with Crippen molar-refractivity contribution in [3.63, 3.8) is 0 Å². The minimum Gasteiger partial charge on any atom is -0.481 e. The van der Waals surface area contributed by atoms with Gasteiger partial charge in [-0.25, -0.2) is 0 Å². The van der Waals surface area contributed by atoms with Crippen LogP contribution in [0.5, 0.6) is 0 Å². The van der Waals surface area contributed by atoms with Gasteiger partial charge in [-0.2, -0.15) is 0 Å². The SMILES string of the molecule is CC(C)(C)C1CCC2(CC1)N=C(c1cc(Cl)cc(Cl)c1)C(=O)N2C(C1=CC=C(C(=O)NCCC(=O)O)CC1)C1CC1. The molecule has 9 heteroatoms. The maximum atomic E-state index is 14.4. The van der Waals surface area contributed by atoms with Crippen LogP contribution in [0.25, 0.3) is 0 Å². The third-order valence-corrected chi connectivity index (χ3v) is 9.60. The minimum absolute atomic E-state index is 0.0727. The Hall–Kier alpha value is -2.64. The molecule has 1 unspecified atom stereocenters. The Bertz CT molecular complexity index is 1310. The zero-order chi connectivity index (χ0) is 29.5. The van der Waals surface area contributed by atoms with E-state index in [4.69, 9.17) is 33.3 Å². The lowest BCUT2D eigenvalue weighted by Gasteiger charge is -2.48. The first-order chi connectivity index (χ1) is 19.4. The van der Waals surface area contributed by atoms with Crippen LogP contribution in [0.2, 0.25) is 10.0 Å². The Morgan fingerprint density at radius 1 is 1.07 bits per heavy atom. The molecule has 1 aromatic rings. The van der Waals surface area contributed by atoms with Crippen LogP contribution in [0.1, 0.15) is 84.1 Å². The number of hydrogen-bond donors (Lipinski definition) is 2. The molecule has 2 N–H and O–H groups in total. The first-order valence-corrected chi connectivity index (χ1v) is 15.4. The number of allylic oxidation sites excluding steroid dienone is 2. The average molecular weight is 601 g/mol. The van der Waals surface area contributed by atoms with Crippen molar-refractivity contribution in [2.75, 3.05) is 6.54 Å². The van der Waals surface area contributed by atoms with Crippen LogP contribution < -0.4 is 5.32 Å². The van der Waals surface area contributed by atoms with Gasteiger partial charge < -0.3 is 15.3 Å². The van der Waals surface area contributed by atoms with Gasteiger partial charge in [0.05, 0.1) is 12.5 Å². The molecule has 1 heterocycles. The van der Waals surface area contributed by atoms with Crippen molar-refractivity contribution >= 4 is 46.7 Å². The van der Waals surface area contributed by atoms with Gasteiger partial charge in [0, 0.05) is 27.7 Å². The van der Waals surface area contributed by atoms with E-state index in [9.17, 15) is 14.4 Å². The summed E-state index contributed by atoms with van der Waals surface area (Å²) in [6, 6.07) is 5.12. The van der Waals surface area contributed by atoms with Crippen LogP contribution in [0.15, 0.2) is 46.5 Å². The average Bonchev–Trinajstić information content (AvgIpc) is 3.70. The summed E-state index contributed by atoms with van der Waals surface area (Å²) in [5.74, 6) is -0.332. The molecule has 0 bridgehead atoms. The number of nitrogens with one attached hydrogen (secondary N) is 1. The van der Waals surface area contributed by atoms with E-state index in [0.717, 1.165) is 44.1 Å². The van der Waals surface area contributed by atoms with Crippen LogP contribution in [-0.4, -0.2) is 51.8 Å². The first kappa shape index (κ1) is 29.8. The fraction of sp³-hybridized carbons (Fsp3) is 0.562. The van der Waals surface area contributed by atoms with Crippen molar-refractivity contribution in [1.82, 2.24) is 10.2 Å². The number of aliphatic imine (C=N–C) groups is 1. The molecule has 1 aliphatic heterocycles. The van der Waals surface area contributed by atoms with Crippen LogP contribution in [0, 0.1) is 17.3 Å². The number of aliphatic carboxylic acids is 1. The molecule has 0 aromatic heterocycles. The quantitative estimate of drug-likeness (QED) is 0.353. The number of benzene rings is 1. The molecule has 0 saturated heterocycles. The highest BCUT2D eigenvalue weighted by atomic mass is 35.5. The summed E-state index contributed by atoms with van der Waals surface area (Å²) < 4.78 is 0. The van der Waals surface area contributed by atoms with Crippen molar-refractivity contribution in [2.45, 2.75) is 90.3 Å². The summed E-state index contributed by atoms with van der Waals surface area (Å²) in [5, 5.41) is 12.5. The van der Waals surface area contributed by atoms with Crippen molar-refractivity contribution in [3.05, 3.63) is 57.1 Å². The Morgan fingerprint density at radius 3 is 2.27 bits per heavy atom. The predicted molar refractivity (Wildman–Crippen MR) is 161 cm³/mol. The monoisotopic (exact) mass is 599 g/mol. The summed E-state index contributed by atoms with van der Waals surface area (Å²) in [6.07, 6.45) is 10.7. The lowest BCUT2D eigenvalue weighted by molar-refractivity contribution is -0.137. The number of carbonyl (C=O) groups excluding carboxylic acids is 2. The van der Waals surface area contributed by atoms with Gasteiger partial charge in [-0.15, -0.1) is 0 Å². The second-order valence-corrected chi connectivity index (χ2v) is 13.9. The minimum atomic E-state index is -0.945. The number of amides is 2. The second kappa shape index (κ2) is 11.6. The van der Waals surface area contributed by atoms with Crippen molar-refractivity contribution in [1.29, 1.82) is 0 Å². The van der Waals surface area contributed by atoms with Gasteiger partial charge in [0.1, 0.15) is 11.4 Å². The van der Waals surface area contributed by atoms with Crippen LogP contribution in [0.3, 0.4) is 0 Å². The molecule has 1 atom stereocenters. The number of rotatable bonds is 8. The highest BCUT2D eigenvalue weighted by Gasteiger charge is 2.55. The summed E-state index contributed by atoms with van der Waals surface area (Å²) in [6.45, 7) is 6.97. The second-order valence-electron chi connectivity index (χ2n) is 13.0. The summed E-state index contributed by atoms with van der Waals surface area (Å²) >= 11 is 12.7. The van der Waals surface area contributed by atoms with Gasteiger partial charge in [0.2, 0.25) is 5.91 Å². The maximum absolute atomic E-state index is 14.4. The Kier molecular flexibility index (Phi) is 8.41. The number of nitrogens with zero attached hydrogens (tertiary/aromatic N) is 2. The van der Waals surface area contributed by atoms with Crippen molar-refractivity contribution in [2.24, 2.45) is 22.2 Å². The Morgan fingerprint density at radius 2 is 1.73 bits per heavy atom. The molecule has 5 rings (SSSR count). The molecular formula is C32H39Cl2N3O4. The van der Waals surface area contributed by atoms with Gasteiger partial charge in [-0.3, -0.25) is 19.4 Å².